The lowest BCUT2D eigenvalue weighted by Gasteiger charge is -2.17. The first-order valence-electron chi connectivity index (χ1n) is 6.37. The Kier molecular flexibility index (Phi) is 2.74. The first-order valence-corrected chi connectivity index (χ1v) is 6.37. The number of aryl methyl sites for hydroxylation is 1. The summed E-state index contributed by atoms with van der Waals surface area (Å²) in [5, 5.41) is 7.56. The van der Waals surface area contributed by atoms with E-state index in [0.29, 0.717) is 0 Å². The SMILES string of the molecule is Cc1ccccc1-c1n[nH]c2c1CCC(C=O)C2. The Hall–Kier alpha value is -1.90. The Bertz CT molecular complexity index is 586. The number of rotatable bonds is 2. The second kappa shape index (κ2) is 4.41. The van der Waals surface area contributed by atoms with Crippen LogP contribution in [0.3, 0.4) is 0 Å². The van der Waals surface area contributed by atoms with E-state index in [1.165, 1.54) is 16.7 Å². The highest BCUT2D eigenvalue weighted by Gasteiger charge is 2.24. The average Bonchev–Trinajstić information content (AvgIpc) is 2.82. The van der Waals surface area contributed by atoms with Gasteiger partial charge < -0.3 is 4.79 Å². The summed E-state index contributed by atoms with van der Waals surface area (Å²) < 4.78 is 0. The monoisotopic (exact) mass is 240 g/mol. The van der Waals surface area contributed by atoms with Crippen LogP contribution in [0, 0.1) is 12.8 Å². The van der Waals surface area contributed by atoms with Gasteiger partial charge in [0.1, 0.15) is 6.29 Å². The maximum absolute atomic E-state index is 10.9. The Morgan fingerprint density at radius 2 is 2.22 bits per heavy atom. The van der Waals surface area contributed by atoms with Gasteiger partial charge in [-0.1, -0.05) is 24.3 Å². The molecule has 18 heavy (non-hydrogen) atoms. The standard InChI is InChI=1S/C15H16N2O/c1-10-4-2-3-5-12(10)15-13-7-6-11(9-18)8-14(13)16-17-15/h2-5,9,11H,6-8H2,1H3,(H,16,17). The van der Waals surface area contributed by atoms with Crippen LogP contribution in [0.4, 0.5) is 0 Å². The van der Waals surface area contributed by atoms with Crippen LogP contribution in [-0.2, 0) is 17.6 Å². The number of benzene rings is 1. The summed E-state index contributed by atoms with van der Waals surface area (Å²) in [6, 6.07) is 8.30. The molecule has 1 unspecified atom stereocenters. The number of nitrogens with zero attached hydrogens (tertiary/aromatic N) is 1. The number of aromatic amines is 1. The molecular weight excluding hydrogens is 224 g/mol. The molecule has 0 amide bonds. The van der Waals surface area contributed by atoms with E-state index in [1.54, 1.807) is 0 Å². The lowest BCUT2D eigenvalue weighted by Crippen LogP contribution is -2.14. The van der Waals surface area contributed by atoms with E-state index in [1.807, 2.05) is 12.1 Å². The summed E-state index contributed by atoms with van der Waals surface area (Å²) >= 11 is 0. The van der Waals surface area contributed by atoms with Crippen LogP contribution in [0.1, 0.15) is 23.2 Å². The topological polar surface area (TPSA) is 45.8 Å². The molecule has 2 aromatic rings. The molecule has 1 N–H and O–H groups in total. The minimum atomic E-state index is 0.155. The van der Waals surface area contributed by atoms with Crippen molar-refractivity contribution in [1.82, 2.24) is 10.2 Å². The summed E-state index contributed by atoms with van der Waals surface area (Å²) in [4.78, 5) is 10.9. The smallest absolute Gasteiger partial charge is 0.123 e. The highest BCUT2D eigenvalue weighted by atomic mass is 16.1. The molecule has 0 bridgehead atoms. The predicted molar refractivity (Wildman–Crippen MR) is 70.3 cm³/mol. The third-order valence-corrected chi connectivity index (χ3v) is 3.78. The molecule has 0 saturated carbocycles. The minimum Gasteiger partial charge on any atom is -0.303 e. The molecule has 0 fully saturated rings. The molecule has 1 heterocycles. The molecule has 0 spiro atoms. The van der Waals surface area contributed by atoms with Crippen molar-refractivity contribution in [3.8, 4) is 11.3 Å². The zero-order chi connectivity index (χ0) is 12.5. The summed E-state index contributed by atoms with van der Waals surface area (Å²) in [5.74, 6) is 0.155. The van der Waals surface area contributed by atoms with Gasteiger partial charge in [-0.3, -0.25) is 5.10 Å². The summed E-state index contributed by atoms with van der Waals surface area (Å²) in [6.45, 7) is 2.10. The number of aldehydes is 1. The van der Waals surface area contributed by atoms with Crippen LogP contribution < -0.4 is 0 Å². The van der Waals surface area contributed by atoms with Crippen molar-refractivity contribution in [2.75, 3.05) is 0 Å². The van der Waals surface area contributed by atoms with Gasteiger partial charge in [-0.05, 0) is 31.7 Å². The van der Waals surface area contributed by atoms with E-state index in [4.69, 9.17) is 0 Å². The molecular formula is C15H16N2O. The third kappa shape index (κ3) is 1.76. The summed E-state index contributed by atoms with van der Waals surface area (Å²) in [5.41, 5.74) is 5.93. The van der Waals surface area contributed by atoms with Crippen molar-refractivity contribution in [2.24, 2.45) is 5.92 Å². The van der Waals surface area contributed by atoms with Crippen LogP contribution in [0.25, 0.3) is 11.3 Å². The van der Waals surface area contributed by atoms with Gasteiger partial charge in [0.2, 0.25) is 0 Å². The maximum Gasteiger partial charge on any atom is 0.123 e. The van der Waals surface area contributed by atoms with Gasteiger partial charge in [-0.15, -0.1) is 0 Å². The molecule has 92 valence electrons. The number of carbonyl (C=O) groups excluding carboxylic acids is 1. The second-order valence-electron chi connectivity index (χ2n) is 4.98. The van der Waals surface area contributed by atoms with E-state index in [-0.39, 0.29) is 5.92 Å². The Balaban J connectivity index is 2.04. The molecule has 1 atom stereocenters. The normalized spacial score (nSPS) is 18.4. The zero-order valence-corrected chi connectivity index (χ0v) is 10.4. The molecule has 3 nitrogen and oxygen atoms in total. The van der Waals surface area contributed by atoms with Crippen molar-refractivity contribution < 1.29 is 4.79 Å². The second-order valence-corrected chi connectivity index (χ2v) is 4.98. The fourth-order valence-corrected chi connectivity index (χ4v) is 2.71. The lowest BCUT2D eigenvalue weighted by atomic mass is 9.86. The zero-order valence-electron chi connectivity index (χ0n) is 10.4. The van der Waals surface area contributed by atoms with Gasteiger partial charge in [-0.25, -0.2) is 0 Å². The highest BCUT2D eigenvalue weighted by Crippen LogP contribution is 2.32. The lowest BCUT2D eigenvalue weighted by molar-refractivity contribution is -0.111. The van der Waals surface area contributed by atoms with Crippen LogP contribution in [0.2, 0.25) is 0 Å². The Labute approximate surface area is 106 Å². The number of carbonyl (C=O) groups is 1. The number of H-pyrrole nitrogens is 1. The van der Waals surface area contributed by atoms with Crippen LogP contribution >= 0.6 is 0 Å². The number of hydrogen-bond donors (Lipinski definition) is 1. The fourth-order valence-electron chi connectivity index (χ4n) is 2.71. The van der Waals surface area contributed by atoms with Crippen LogP contribution in [0.5, 0.6) is 0 Å². The van der Waals surface area contributed by atoms with Gasteiger partial charge in [0.05, 0.1) is 5.69 Å². The molecule has 0 radical (unpaired) electrons. The predicted octanol–water partition coefficient (Wildman–Crippen LogP) is 2.69. The first kappa shape index (κ1) is 11.2. The van der Waals surface area contributed by atoms with E-state index < -0.39 is 0 Å². The first-order chi connectivity index (χ1) is 8.79. The van der Waals surface area contributed by atoms with Gasteiger partial charge in [0.25, 0.3) is 0 Å². The number of hydrogen-bond acceptors (Lipinski definition) is 2. The fraction of sp³-hybridized carbons (Fsp3) is 0.333. The van der Waals surface area contributed by atoms with Crippen molar-refractivity contribution in [3.63, 3.8) is 0 Å². The highest BCUT2D eigenvalue weighted by molar-refractivity contribution is 5.68. The summed E-state index contributed by atoms with van der Waals surface area (Å²) in [6.07, 6.45) is 3.75. The number of nitrogens with one attached hydrogen (secondary N) is 1. The van der Waals surface area contributed by atoms with Crippen molar-refractivity contribution >= 4 is 6.29 Å². The molecule has 1 aromatic carbocycles. The van der Waals surface area contributed by atoms with E-state index >= 15 is 0 Å². The van der Waals surface area contributed by atoms with Crippen LogP contribution in [-0.4, -0.2) is 16.5 Å². The van der Waals surface area contributed by atoms with Gasteiger partial charge in [0, 0.05) is 22.7 Å². The third-order valence-electron chi connectivity index (χ3n) is 3.78. The van der Waals surface area contributed by atoms with Gasteiger partial charge in [0.15, 0.2) is 0 Å². The molecule has 3 rings (SSSR count). The summed E-state index contributed by atoms with van der Waals surface area (Å²) in [7, 11) is 0. The van der Waals surface area contributed by atoms with Crippen molar-refractivity contribution in [3.05, 3.63) is 41.1 Å². The molecule has 0 aliphatic heterocycles. The molecule has 1 aromatic heterocycles. The molecule has 1 aliphatic rings. The van der Waals surface area contributed by atoms with E-state index in [0.717, 1.165) is 36.9 Å². The molecule has 3 heteroatoms. The van der Waals surface area contributed by atoms with E-state index in [2.05, 4.69) is 29.3 Å². The Morgan fingerprint density at radius 1 is 1.39 bits per heavy atom. The van der Waals surface area contributed by atoms with Gasteiger partial charge >= 0.3 is 0 Å². The van der Waals surface area contributed by atoms with Gasteiger partial charge in [-0.2, -0.15) is 5.10 Å². The Morgan fingerprint density at radius 3 is 3.00 bits per heavy atom. The van der Waals surface area contributed by atoms with Crippen LogP contribution in [0.15, 0.2) is 24.3 Å². The quantitative estimate of drug-likeness (QED) is 0.820. The number of aromatic nitrogens is 2. The molecule has 1 aliphatic carbocycles. The van der Waals surface area contributed by atoms with Crippen molar-refractivity contribution in [2.45, 2.75) is 26.2 Å². The maximum atomic E-state index is 10.9. The largest absolute Gasteiger partial charge is 0.303 e. The number of fused-ring (bicyclic) bond motifs is 1. The van der Waals surface area contributed by atoms with E-state index in [9.17, 15) is 4.79 Å². The molecule has 0 saturated heterocycles. The average molecular weight is 240 g/mol. The van der Waals surface area contributed by atoms with Crippen molar-refractivity contribution in [1.29, 1.82) is 0 Å². The minimum absolute atomic E-state index is 0.155.